The van der Waals surface area contributed by atoms with E-state index in [0.717, 1.165) is 198 Å². The number of fused-ring (bicyclic) bond motifs is 28. The second-order valence-electron chi connectivity index (χ2n) is 28.1. The summed E-state index contributed by atoms with van der Waals surface area (Å²) in [7, 11) is -3.48. The maximum Gasteiger partial charge on any atom is 0.179 e. The molecule has 9 heteroatoms. The van der Waals surface area contributed by atoms with Gasteiger partial charge in [-0.3, -0.25) is 0 Å². The van der Waals surface area contributed by atoms with Crippen LogP contribution in [0.15, 0.2) is 357 Å². The molecule has 0 atom stereocenters. The fraction of sp³-hybridized carbons (Fsp3) is 0. The van der Waals surface area contributed by atoms with E-state index in [9.17, 15) is 0 Å². The normalized spacial score (nSPS) is 12.6. The van der Waals surface area contributed by atoms with Gasteiger partial charge < -0.3 is 35.9 Å². The molecule has 8 heterocycles. The SMILES string of the molecule is c1ccc2c(c1)oc1c2ccc2c1c1ccccc1n2-c1ccc([Si](c2ccc(-n3c4ccccc4c4c5oc6ccccc6c5ccc43)cc2)(c2ccc(-n3c4ccccc4c4c5oc6ccccc6c5ccc43)cc2)c2ccc(-n3c4ccccc4c4c5oc6ccccc6c5ccc43)cc2)cc1. The third-order valence-electron chi connectivity index (χ3n) is 23.0. The molecule has 8 aromatic heterocycles. The van der Waals surface area contributed by atoms with Gasteiger partial charge in [-0.25, -0.2) is 0 Å². The molecule has 24 rings (SSSR count). The Labute approximate surface area is 598 Å². The van der Waals surface area contributed by atoms with E-state index in [4.69, 9.17) is 17.7 Å². The van der Waals surface area contributed by atoms with Crippen molar-refractivity contribution < 1.29 is 17.7 Å². The van der Waals surface area contributed by atoms with E-state index < -0.39 is 8.07 Å². The number of furan rings is 4. The highest BCUT2D eigenvalue weighted by molar-refractivity contribution is 7.20. The molecule has 0 amide bonds. The maximum atomic E-state index is 6.82. The minimum atomic E-state index is -3.48. The third-order valence-corrected chi connectivity index (χ3v) is 27.8. The summed E-state index contributed by atoms with van der Waals surface area (Å²) in [5, 5.41) is 22.8. The Kier molecular flexibility index (Phi) is 11.4. The largest absolute Gasteiger partial charge is 0.455 e. The molecular weight excluding hydrogens is 1300 g/mol. The van der Waals surface area contributed by atoms with Gasteiger partial charge in [0.1, 0.15) is 44.7 Å². The van der Waals surface area contributed by atoms with Crippen molar-refractivity contribution in [2.45, 2.75) is 0 Å². The van der Waals surface area contributed by atoms with E-state index in [-0.39, 0.29) is 0 Å². The maximum absolute atomic E-state index is 6.82. The Balaban J connectivity index is 0.754. The first kappa shape index (κ1) is 56.8. The molecule has 488 valence electrons. The van der Waals surface area contributed by atoms with Gasteiger partial charge in [0.2, 0.25) is 0 Å². The molecule has 0 saturated carbocycles. The van der Waals surface area contributed by atoms with Crippen molar-refractivity contribution in [2.75, 3.05) is 0 Å². The summed E-state index contributed by atoms with van der Waals surface area (Å²) in [4.78, 5) is 0. The fourth-order valence-corrected chi connectivity index (χ4v) is 23.2. The molecule has 0 unspecified atom stereocenters. The van der Waals surface area contributed by atoms with Gasteiger partial charge in [-0.2, -0.15) is 0 Å². The van der Waals surface area contributed by atoms with Gasteiger partial charge in [-0.05, 0) is 166 Å². The minimum Gasteiger partial charge on any atom is -0.455 e. The van der Waals surface area contributed by atoms with E-state index >= 15 is 0 Å². The van der Waals surface area contributed by atoms with Gasteiger partial charge in [0.25, 0.3) is 0 Å². The van der Waals surface area contributed by atoms with E-state index in [1.807, 2.05) is 0 Å². The smallest absolute Gasteiger partial charge is 0.179 e. The van der Waals surface area contributed by atoms with Gasteiger partial charge in [0.05, 0.1) is 65.7 Å². The molecule has 0 radical (unpaired) electrons. The lowest BCUT2D eigenvalue weighted by molar-refractivity contribution is 0.672. The standard InChI is InChI=1S/C96H56N4O4Si/c1-9-25-77-73(21-1)89-81(53-49-69-65-17-5-13-29-85(65)101-93(69)89)97(77)57-33-41-61(42-34-57)105(62-43-35-58(36-44-62)98-78-26-10-2-22-74(78)90-82(98)54-50-70-66-18-6-14-30-86(66)102-94(70)90,63-45-37-59(38-46-63)99-79-27-11-3-23-75(79)91-83(99)55-51-71-67-19-7-15-31-87(67)103-95(71)91)64-47-39-60(40-48-64)100-80-28-12-4-24-76(80)92-84(100)56-52-72-68-20-8-16-32-88(68)104-96(72)92/h1-56H. The predicted molar refractivity (Wildman–Crippen MR) is 437 cm³/mol. The summed E-state index contributed by atoms with van der Waals surface area (Å²) < 4.78 is 36.9. The summed E-state index contributed by atoms with van der Waals surface area (Å²) in [5.41, 5.74) is 20.2. The van der Waals surface area contributed by atoms with Gasteiger partial charge in [0.15, 0.2) is 8.07 Å². The van der Waals surface area contributed by atoms with Crippen molar-refractivity contribution >= 4 is 204 Å². The van der Waals surface area contributed by atoms with Crippen molar-refractivity contribution in [3.05, 3.63) is 340 Å². The Morgan fingerprint density at radius 3 is 0.590 bits per heavy atom. The molecule has 0 saturated heterocycles. The number of para-hydroxylation sites is 8. The molecule has 16 aromatic carbocycles. The first-order chi connectivity index (χ1) is 52.1. The molecule has 0 aliphatic carbocycles. The van der Waals surface area contributed by atoms with Gasteiger partial charge in [-0.1, -0.05) is 194 Å². The highest BCUT2D eigenvalue weighted by Crippen LogP contribution is 2.46. The first-order valence-electron chi connectivity index (χ1n) is 35.9. The van der Waals surface area contributed by atoms with E-state index in [0.29, 0.717) is 0 Å². The molecule has 8 nitrogen and oxygen atoms in total. The lowest BCUT2D eigenvalue weighted by atomic mass is 10.1. The van der Waals surface area contributed by atoms with Crippen molar-refractivity contribution in [1.82, 2.24) is 18.3 Å². The average Bonchev–Trinajstić information content (AvgIpc) is 1.55. The molecule has 0 fully saturated rings. The molecule has 0 spiro atoms. The van der Waals surface area contributed by atoms with Crippen LogP contribution >= 0.6 is 0 Å². The second kappa shape index (κ2) is 21.1. The van der Waals surface area contributed by atoms with Crippen LogP contribution in [0.1, 0.15) is 0 Å². The van der Waals surface area contributed by atoms with Crippen molar-refractivity contribution in [1.29, 1.82) is 0 Å². The van der Waals surface area contributed by atoms with Crippen LogP contribution in [-0.4, -0.2) is 26.3 Å². The molecule has 24 aromatic rings. The van der Waals surface area contributed by atoms with E-state index in [1.54, 1.807) is 0 Å². The number of hydrogen-bond acceptors (Lipinski definition) is 4. The Morgan fingerprint density at radius 1 is 0.162 bits per heavy atom. The van der Waals surface area contributed by atoms with Crippen LogP contribution in [-0.2, 0) is 0 Å². The number of nitrogens with zero attached hydrogens (tertiary/aromatic N) is 4. The number of rotatable bonds is 8. The van der Waals surface area contributed by atoms with Crippen molar-refractivity contribution in [2.24, 2.45) is 0 Å². The molecule has 0 bridgehead atoms. The summed E-state index contributed by atoms with van der Waals surface area (Å²) in [6.45, 7) is 0. The van der Waals surface area contributed by atoms with Gasteiger partial charge >= 0.3 is 0 Å². The van der Waals surface area contributed by atoms with Crippen LogP contribution in [0.25, 0.3) is 198 Å². The highest BCUT2D eigenvalue weighted by Gasteiger charge is 2.42. The van der Waals surface area contributed by atoms with Crippen molar-refractivity contribution in [3.8, 4) is 22.7 Å². The summed E-state index contributed by atoms with van der Waals surface area (Å²) in [5.74, 6) is 0. The zero-order valence-corrected chi connectivity index (χ0v) is 57.3. The van der Waals surface area contributed by atoms with E-state index in [1.165, 1.54) is 20.7 Å². The minimum absolute atomic E-state index is 0.883. The van der Waals surface area contributed by atoms with Crippen LogP contribution in [0.4, 0.5) is 0 Å². The van der Waals surface area contributed by atoms with Crippen LogP contribution < -0.4 is 20.7 Å². The quantitative estimate of drug-likeness (QED) is 0.112. The lowest BCUT2D eigenvalue weighted by Gasteiger charge is -2.35. The van der Waals surface area contributed by atoms with E-state index in [2.05, 4.69) is 358 Å². The number of benzene rings is 16. The zero-order valence-electron chi connectivity index (χ0n) is 56.3. The monoisotopic (exact) mass is 1360 g/mol. The summed E-state index contributed by atoms with van der Waals surface area (Å²) in [6.07, 6.45) is 0. The number of aromatic nitrogens is 4. The first-order valence-corrected chi connectivity index (χ1v) is 37.9. The molecule has 0 N–H and O–H groups in total. The van der Waals surface area contributed by atoms with Crippen molar-refractivity contribution in [3.63, 3.8) is 0 Å². The number of hydrogen-bond donors (Lipinski definition) is 0. The van der Waals surface area contributed by atoms with Crippen LogP contribution in [0, 0.1) is 0 Å². The molecule has 0 aliphatic heterocycles. The lowest BCUT2D eigenvalue weighted by Crippen LogP contribution is -2.74. The summed E-state index contributed by atoms with van der Waals surface area (Å²) >= 11 is 0. The fourth-order valence-electron chi connectivity index (χ4n) is 18.5. The Hall–Kier alpha value is -13.9. The Bertz CT molecular complexity index is 6900. The average molecular weight is 1360 g/mol. The van der Waals surface area contributed by atoms with Gasteiger partial charge in [-0.15, -0.1) is 0 Å². The molecule has 105 heavy (non-hydrogen) atoms. The van der Waals surface area contributed by atoms with Crippen LogP contribution in [0.3, 0.4) is 0 Å². The van der Waals surface area contributed by atoms with Gasteiger partial charge in [0, 0.05) is 87.4 Å². The third kappa shape index (κ3) is 7.67. The predicted octanol–water partition coefficient (Wildman–Crippen LogP) is 23.1. The second-order valence-corrected chi connectivity index (χ2v) is 31.9. The Morgan fingerprint density at radius 2 is 0.362 bits per heavy atom. The molecular formula is C96H56N4O4Si. The topological polar surface area (TPSA) is 72.3 Å². The highest BCUT2D eigenvalue weighted by atomic mass is 28.3. The summed E-state index contributed by atoms with van der Waals surface area (Å²) in [6, 6.07) is 125. The van der Waals surface area contributed by atoms with Crippen LogP contribution in [0.5, 0.6) is 0 Å². The van der Waals surface area contributed by atoms with Crippen LogP contribution in [0.2, 0.25) is 0 Å². The zero-order chi connectivity index (χ0) is 68.3. The molecule has 0 aliphatic rings.